The van der Waals surface area contributed by atoms with Gasteiger partial charge in [0.25, 0.3) is 0 Å². The Morgan fingerprint density at radius 3 is 2.00 bits per heavy atom. The van der Waals surface area contributed by atoms with Crippen molar-refractivity contribution in [2.24, 2.45) is 0 Å². The lowest BCUT2D eigenvalue weighted by Crippen LogP contribution is -2.06. The molecule has 0 saturated carbocycles. The first-order valence-corrected chi connectivity index (χ1v) is 7.68. The van der Waals surface area contributed by atoms with E-state index in [9.17, 15) is 9.00 Å². The van der Waals surface area contributed by atoms with Gasteiger partial charge in [0.2, 0.25) is 0 Å². The van der Waals surface area contributed by atoms with Gasteiger partial charge in [0.05, 0.1) is 0 Å². The highest BCUT2D eigenvalue weighted by Crippen LogP contribution is 2.10. The first-order chi connectivity index (χ1) is 8.66. The highest BCUT2D eigenvalue weighted by atomic mass is 32.2. The van der Waals surface area contributed by atoms with Crippen molar-refractivity contribution in [1.82, 2.24) is 0 Å². The molecule has 0 spiro atoms. The lowest BCUT2D eigenvalue weighted by molar-refractivity contribution is -0.211. The molecule has 0 aliphatic carbocycles. The zero-order valence-electron chi connectivity index (χ0n) is 11.1. The van der Waals surface area contributed by atoms with E-state index < -0.39 is 17.3 Å². The first kappa shape index (κ1) is 17.5. The highest BCUT2D eigenvalue weighted by molar-refractivity contribution is 7.74. The number of hydrogen-bond donors (Lipinski definition) is 1. The van der Waals surface area contributed by atoms with Crippen LogP contribution in [0.2, 0.25) is 0 Å². The fourth-order valence-electron chi connectivity index (χ4n) is 1.69. The molecule has 0 aromatic rings. The summed E-state index contributed by atoms with van der Waals surface area (Å²) in [6, 6.07) is 0. The lowest BCUT2D eigenvalue weighted by Gasteiger charge is -2.01. The molecule has 0 aromatic heterocycles. The standard InChI is InChI=1S/C12H24O5S/c1-2-3-4-5-6-7-8-9-10-11-12(13)16-17-18(14)15/h2-11H2,1H3,(H,14,15). The molecular weight excluding hydrogens is 256 g/mol. The third-order valence-electron chi connectivity index (χ3n) is 2.67. The summed E-state index contributed by atoms with van der Waals surface area (Å²) in [6.07, 6.45) is 10.7. The Labute approximate surface area is 112 Å². The van der Waals surface area contributed by atoms with Crippen molar-refractivity contribution >= 4 is 17.3 Å². The molecular formula is C12H24O5S. The predicted octanol–water partition coefficient (Wildman–Crippen LogP) is 3.52. The molecule has 0 radical (unpaired) electrons. The molecule has 0 saturated heterocycles. The fraction of sp³-hybridized carbons (Fsp3) is 0.917. The van der Waals surface area contributed by atoms with Gasteiger partial charge in [-0.05, 0) is 6.42 Å². The monoisotopic (exact) mass is 280 g/mol. The molecule has 5 nitrogen and oxygen atoms in total. The van der Waals surface area contributed by atoms with Gasteiger partial charge in [0, 0.05) is 6.42 Å². The maximum atomic E-state index is 11.0. The summed E-state index contributed by atoms with van der Waals surface area (Å²) in [4.78, 5) is 15.0. The Hall–Kier alpha value is -0.460. The molecule has 0 heterocycles. The maximum absolute atomic E-state index is 11.0. The number of rotatable bonds is 12. The van der Waals surface area contributed by atoms with Crippen LogP contribution >= 0.6 is 0 Å². The van der Waals surface area contributed by atoms with Crippen LogP contribution in [-0.4, -0.2) is 14.7 Å². The summed E-state index contributed by atoms with van der Waals surface area (Å²) in [7, 11) is 0. The molecule has 1 N–H and O–H groups in total. The fourth-order valence-corrected chi connectivity index (χ4v) is 1.82. The van der Waals surface area contributed by atoms with Crippen LogP contribution < -0.4 is 0 Å². The predicted molar refractivity (Wildman–Crippen MR) is 69.8 cm³/mol. The molecule has 0 rings (SSSR count). The summed E-state index contributed by atoms with van der Waals surface area (Å²) in [5.41, 5.74) is 0. The van der Waals surface area contributed by atoms with E-state index in [0.29, 0.717) is 0 Å². The second-order valence-electron chi connectivity index (χ2n) is 4.32. The molecule has 6 heteroatoms. The zero-order valence-corrected chi connectivity index (χ0v) is 11.9. The van der Waals surface area contributed by atoms with E-state index in [0.717, 1.165) is 19.3 Å². The van der Waals surface area contributed by atoms with Crippen LogP contribution in [0.25, 0.3) is 0 Å². The smallest absolute Gasteiger partial charge is 0.282 e. The van der Waals surface area contributed by atoms with Crippen molar-refractivity contribution in [3.63, 3.8) is 0 Å². The number of carbonyl (C=O) groups excluding carboxylic acids is 1. The van der Waals surface area contributed by atoms with E-state index in [4.69, 9.17) is 4.55 Å². The van der Waals surface area contributed by atoms with Gasteiger partial charge in [-0.1, -0.05) is 62.6 Å². The van der Waals surface area contributed by atoms with Gasteiger partial charge in [-0.2, -0.15) is 4.21 Å². The third kappa shape index (κ3) is 13.6. The van der Waals surface area contributed by atoms with Gasteiger partial charge in [-0.25, -0.2) is 4.79 Å². The van der Waals surface area contributed by atoms with Gasteiger partial charge in [-0.3, -0.25) is 9.44 Å². The number of hydrogen-bond acceptors (Lipinski definition) is 4. The van der Waals surface area contributed by atoms with Gasteiger partial charge in [0.1, 0.15) is 0 Å². The topological polar surface area (TPSA) is 72.8 Å². The number of carbonyl (C=O) groups is 1. The maximum Gasteiger partial charge on any atom is 0.343 e. The minimum absolute atomic E-state index is 0.229. The SMILES string of the molecule is CCCCCCCCCCCC(=O)OOS(=O)O. The largest absolute Gasteiger partial charge is 0.343 e. The quantitative estimate of drug-likeness (QED) is 0.256. The van der Waals surface area contributed by atoms with Crippen LogP contribution in [0.4, 0.5) is 0 Å². The van der Waals surface area contributed by atoms with Crippen LogP contribution in [-0.2, 0) is 25.4 Å². The third-order valence-corrected chi connectivity index (χ3v) is 2.85. The minimum atomic E-state index is -2.54. The Bertz CT molecular complexity index is 233. The van der Waals surface area contributed by atoms with Crippen molar-refractivity contribution in [3.8, 4) is 0 Å². The van der Waals surface area contributed by atoms with Crippen molar-refractivity contribution in [2.75, 3.05) is 0 Å². The van der Waals surface area contributed by atoms with Gasteiger partial charge in [0.15, 0.2) is 0 Å². The molecule has 0 bridgehead atoms. The Morgan fingerprint density at radius 2 is 1.50 bits per heavy atom. The number of unbranched alkanes of at least 4 members (excludes halogenated alkanes) is 8. The molecule has 18 heavy (non-hydrogen) atoms. The molecule has 1 atom stereocenters. The Morgan fingerprint density at radius 1 is 1.00 bits per heavy atom. The molecule has 0 aliphatic rings. The summed E-state index contributed by atoms with van der Waals surface area (Å²) in [5.74, 6) is -0.597. The van der Waals surface area contributed by atoms with E-state index in [1.54, 1.807) is 0 Å². The summed E-state index contributed by atoms with van der Waals surface area (Å²) < 4.78 is 22.1. The van der Waals surface area contributed by atoms with E-state index in [-0.39, 0.29) is 6.42 Å². The van der Waals surface area contributed by atoms with E-state index in [1.807, 2.05) is 0 Å². The highest BCUT2D eigenvalue weighted by Gasteiger charge is 2.05. The van der Waals surface area contributed by atoms with Crippen molar-refractivity contribution in [3.05, 3.63) is 0 Å². The van der Waals surface area contributed by atoms with Crippen LogP contribution in [0, 0.1) is 0 Å². The Balaban J connectivity index is 3.15. The van der Waals surface area contributed by atoms with Crippen molar-refractivity contribution < 1.29 is 22.8 Å². The molecule has 1 unspecified atom stereocenters. The zero-order chi connectivity index (χ0) is 13.6. The minimum Gasteiger partial charge on any atom is -0.282 e. The van der Waals surface area contributed by atoms with Crippen LogP contribution in [0.3, 0.4) is 0 Å². The molecule has 108 valence electrons. The summed E-state index contributed by atoms with van der Waals surface area (Å²) in [5, 5.41) is 0. The lowest BCUT2D eigenvalue weighted by atomic mass is 10.1. The average Bonchev–Trinajstić information content (AvgIpc) is 2.34. The van der Waals surface area contributed by atoms with Crippen LogP contribution in [0.1, 0.15) is 71.1 Å². The Kier molecular flexibility index (Phi) is 12.7. The summed E-state index contributed by atoms with van der Waals surface area (Å²) in [6.45, 7) is 2.20. The van der Waals surface area contributed by atoms with Gasteiger partial charge in [-0.15, -0.1) is 0 Å². The molecule has 0 amide bonds. The average molecular weight is 280 g/mol. The normalized spacial score (nSPS) is 12.3. The van der Waals surface area contributed by atoms with E-state index >= 15 is 0 Å². The second-order valence-corrected chi connectivity index (χ2v) is 4.89. The van der Waals surface area contributed by atoms with Crippen LogP contribution in [0.15, 0.2) is 0 Å². The summed E-state index contributed by atoms with van der Waals surface area (Å²) >= 11 is -2.54. The molecule has 0 aromatic carbocycles. The first-order valence-electron chi connectivity index (χ1n) is 6.65. The van der Waals surface area contributed by atoms with E-state index in [1.165, 1.54) is 38.5 Å². The molecule has 0 fully saturated rings. The van der Waals surface area contributed by atoms with E-state index in [2.05, 4.69) is 16.1 Å². The van der Waals surface area contributed by atoms with Crippen molar-refractivity contribution in [2.45, 2.75) is 71.1 Å². The second kappa shape index (κ2) is 13.0. The van der Waals surface area contributed by atoms with Gasteiger partial charge < -0.3 is 0 Å². The molecule has 0 aliphatic heterocycles. The van der Waals surface area contributed by atoms with Crippen LogP contribution in [0.5, 0.6) is 0 Å². The van der Waals surface area contributed by atoms with Gasteiger partial charge >= 0.3 is 17.3 Å². The van der Waals surface area contributed by atoms with Crippen molar-refractivity contribution in [1.29, 1.82) is 0 Å².